The Morgan fingerprint density at radius 3 is 2.50 bits per heavy atom. The van der Waals surface area contributed by atoms with E-state index >= 15 is 0 Å². The van der Waals surface area contributed by atoms with Gasteiger partial charge in [-0.3, -0.25) is 0 Å². The van der Waals surface area contributed by atoms with Crippen molar-refractivity contribution in [1.29, 1.82) is 0 Å². The van der Waals surface area contributed by atoms with Gasteiger partial charge in [0.25, 0.3) is 0 Å². The molecule has 0 fully saturated rings. The topological polar surface area (TPSA) is 46.6 Å². The van der Waals surface area contributed by atoms with Crippen molar-refractivity contribution in [1.82, 2.24) is 10.3 Å². The number of anilines is 1. The van der Waals surface area contributed by atoms with E-state index in [0.29, 0.717) is 25.3 Å². The van der Waals surface area contributed by atoms with Crippen molar-refractivity contribution < 1.29 is 9.47 Å². The molecule has 0 aliphatic heterocycles. The summed E-state index contributed by atoms with van der Waals surface area (Å²) in [6, 6.07) is 0.758. The van der Waals surface area contributed by atoms with E-state index in [4.69, 9.17) is 14.5 Å². The first-order chi connectivity index (χ1) is 9.49. The molecule has 5 nitrogen and oxygen atoms in total. The lowest BCUT2D eigenvalue weighted by Gasteiger charge is -2.23. The number of thiazole rings is 1. The summed E-state index contributed by atoms with van der Waals surface area (Å²) in [6.07, 6.45) is 0. The highest BCUT2D eigenvalue weighted by atomic mass is 32.1. The largest absolute Gasteiger partial charge is 0.383 e. The van der Waals surface area contributed by atoms with Gasteiger partial charge in [0, 0.05) is 38.7 Å². The Kier molecular flexibility index (Phi) is 7.43. The van der Waals surface area contributed by atoms with Crippen LogP contribution < -0.4 is 10.2 Å². The number of methoxy groups -OCH3 is 2. The molecular weight excluding hydrogens is 274 g/mol. The lowest BCUT2D eigenvalue weighted by Crippen LogP contribution is -2.32. The Balaban J connectivity index is 2.84. The molecule has 1 N–H and O–H groups in total. The molecule has 0 radical (unpaired) electrons. The van der Waals surface area contributed by atoms with E-state index in [9.17, 15) is 0 Å². The molecule has 0 aromatic carbocycles. The summed E-state index contributed by atoms with van der Waals surface area (Å²) in [6.45, 7) is 8.50. The molecule has 116 valence electrons. The standard InChI is InChI=1S/C14H27N3O2S/c1-10(2)15-7-13-12(9-19-6)16-14(20-13)17(4)11(3)8-18-5/h10-11,15H,7-9H2,1-6H3. The van der Waals surface area contributed by atoms with Crippen molar-refractivity contribution in [2.75, 3.05) is 32.8 Å². The van der Waals surface area contributed by atoms with Crippen LogP contribution in [-0.4, -0.2) is 44.9 Å². The van der Waals surface area contributed by atoms with Gasteiger partial charge in [-0.1, -0.05) is 13.8 Å². The summed E-state index contributed by atoms with van der Waals surface area (Å²) in [5.74, 6) is 0. The summed E-state index contributed by atoms with van der Waals surface area (Å²) in [4.78, 5) is 8.11. The van der Waals surface area contributed by atoms with Crippen LogP contribution in [0.25, 0.3) is 0 Å². The van der Waals surface area contributed by atoms with Crippen LogP contribution in [0, 0.1) is 0 Å². The molecule has 20 heavy (non-hydrogen) atoms. The minimum atomic E-state index is 0.299. The number of rotatable bonds is 9. The number of nitrogens with one attached hydrogen (secondary N) is 1. The molecule has 0 amide bonds. The highest BCUT2D eigenvalue weighted by molar-refractivity contribution is 7.15. The lowest BCUT2D eigenvalue weighted by molar-refractivity contribution is 0.180. The van der Waals surface area contributed by atoms with Gasteiger partial charge in [0.05, 0.1) is 24.9 Å². The van der Waals surface area contributed by atoms with E-state index in [1.54, 1.807) is 25.6 Å². The van der Waals surface area contributed by atoms with Crippen LogP contribution in [0.3, 0.4) is 0 Å². The average Bonchev–Trinajstić information content (AvgIpc) is 2.79. The zero-order valence-electron chi connectivity index (χ0n) is 13.4. The smallest absolute Gasteiger partial charge is 0.185 e. The first kappa shape index (κ1) is 17.4. The van der Waals surface area contributed by atoms with Crippen molar-refractivity contribution in [2.24, 2.45) is 0 Å². The Hall–Kier alpha value is -0.690. The second kappa shape index (κ2) is 8.56. The molecular formula is C14H27N3O2S. The fourth-order valence-corrected chi connectivity index (χ4v) is 2.82. The van der Waals surface area contributed by atoms with Gasteiger partial charge in [0.1, 0.15) is 0 Å². The zero-order chi connectivity index (χ0) is 15.1. The summed E-state index contributed by atoms with van der Waals surface area (Å²) in [5, 5.41) is 4.45. The van der Waals surface area contributed by atoms with E-state index in [1.165, 1.54) is 4.88 Å². The third-order valence-electron chi connectivity index (χ3n) is 3.09. The number of ether oxygens (including phenoxy) is 2. The van der Waals surface area contributed by atoms with E-state index in [1.807, 2.05) is 0 Å². The molecule has 0 aliphatic rings. The maximum Gasteiger partial charge on any atom is 0.185 e. The minimum Gasteiger partial charge on any atom is -0.383 e. The third kappa shape index (κ3) is 5.01. The van der Waals surface area contributed by atoms with E-state index in [-0.39, 0.29) is 0 Å². The van der Waals surface area contributed by atoms with Crippen LogP contribution in [0.4, 0.5) is 5.13 Å². The molecule has 1 unspecified atom stereocenters. The molecule has 0 saturated carbocycles. The molecule has 1 rings (SSSR count). The van der Waals surface area contributed by atoms with E-state index in [0.717, 1.165) is 17.4 Å². The Morgan fingerprint density at radius 1 is 1.25 bits per heavy atom. The normalized spacial score (nSPS) is 12.9. The zero-order valence-corrected chi connectivity index (χ0v) is 14.2. The first-order valence-electron chi connectivity index (χ1n) is 6.92. The van der Waals surface area contributed by atoms with E-state index in [2.05, 4.69) is 38.0 Å². The fourth-order valence-electron chi connectivity index (χ4n) is 1.75. The maximum atomic E-state index is 5.25. The van der Waals surface area contributed by atoms with Crippen molar-refractivity contribution in [3.05, 3.63) is 10.6 Å². The molecule has 1 aromatic rings. The Labute approximate surface area is 126 Å². The van der Waals surface area contributed by atoms with Crippen molar-refractivity contribution in [3.8, 4) is 0 Å². The number of nitrogens with zero attached hydrogens (tertiary/aromatic N) is 2. The molecule has 6 heteroatoms. The van der Waals surface area contributed by atoms with Crippen LogP contribution in [0.15, 0.2) is 0 Å². The molecule has 0 spiro atoms. The van der Waals surface area contributed by atoms with Crippen LogP contribution >= 0.6 is 11.3 Å². The van der Waals surface area contributed by atoms with Gasteiger partial charge < -0.3 is 19.7 Å². The summed E-state index contributed by atoms with van der Waals surface area (Å²) in [5.41, 5.74) is 1.03. The van der Waals surface area contributed by atoms with Gasteiger partial charge in [0.2, 0.25) is 0 Å². The highest BCUT2D eigenvalue weighted by Gasteiger charge is 2.17. The number of likely N-dealkylation sites (N-methyl/N-ethyl adjacent to an activating group) is 1. The Bertz CT molecular complexity index is 396. The molecule has 0 saturated heterocycles. The average molecular weight is 301 g/mol. The number of hydrogen-bond donors (Lipinski definition) is 1. The van der Waals surface area contributed by atoms with Gasteiger partial charge in [0.15, 0.2) is 5.13 Å². The van der Waals surface area contributed by atoms with E-state index < -0.39 is 0 Å². The van der Waals surface area contributed by atoms with Gasteiger partial charge in [-0.05, 0) is 6.92 Å². The summed E-state index contributed by atoms with van der Waals surface area (Å²) in [7, 11) is 5.48. The predicted molar refractivity (Wildman–Crippen MR) is 84.5 cm³/mol. The van der Waals surface area contributed by atoms with Crippen LogP contribution in [0.5, 0.6) is 0 Å². The van der Waals surface area contributed by atoms with Crippen molar-refractivity contribution in [2.45, 2.75) is 46.0 Å². The van der Waals surface area contributed by atoms with Gasteiger partial charge >= 0.3 is 0 Å². The highest BCUT2D eigenvalue weighted by Crippen LogP contribution is 2.27. The second-order valence-electron chi connectivity index (χ2n) is 5.25. The van der Waals surface area contributed by atoms with Crippen molar-refractivity contribution in [3.63, 3.8) is 0 Å². The molecule has 0 aliphatic carbocycles. The molecule has 1 heterocycles. The summed E-state index contributed by atoms with van der Waals surface area (Å²) >= 11 is 1.72. The number of aromatic nitrogens is 1. The second-order valence-corrected chi connectivity index (χ2v) is 6.31. The van der Waals surface area contributed by atoms with Gasteiger partial charge in [-0.15, -0.1) is 11.3 Å². The predicted octanol–water partition coefficient (Wildman–Crippen LogP) is 2.26. The third-order valence-corrected chi connectivity index (χ3v) is 4.28. The fraction of sp³-hybridized carbons (Fsp3) is 0.786. The van der Waals surface area contributed by atoms with Gasteiger partial charge in [-0.25, -0.2) is 4.98 Å². The maximum absolute atomic E-state index is 5.25. The van der Waals surface area contributed by atoms with Crippen molar-refractivity contribution >= 4 is 16.5 Å². The minimum absolute atomic E-state index is 0.299. The molecule has 0 bridgehead atoms. The van der Waals surface area contributed by atoms with Crippen LogP contribution in [0.1, 0.15) is 31.3 Å². The summed E-state index contributed by atoms with van der Waals surface area (Å²) < 4.78 is 10.5. The quantitative estimate of drug-likeness (QED) is 0.758. The monoisotopic (exact) mass is 301 g/mol. The van der Waals surface area contributed by atoms with Crippen LogP contribution in [-0.2, 0) is 22.6 Å². The van der Waals surface area contributed by atoms with Gasteiger partial charge in [-0.2, -0.15) is 0 Å². The SMILES string of the molecule is COCc1nc(N(C)C(C)COC)sc1CNC(C)C. The Morgan fingerprint density at radius 2 is 1.95 bits per heavy atom. The molecule has 1 aromatic heterocycles. The molecule has 1 atom stereocenters. The lowest BCUT2D eigenvalue weighted by atomic mass is 10.3. The number of hydrogen-bond acceptors (Lipinski definition) is 6. The van der Waals surface area contributed by atoms with Crippen LogP contribution in [0.2, 0.25) is 0 Å². The first-order valence-corrected chi connectivity index (χ1v) is 7.73.